The van der Waals surface area contributed by atoms with E-state index in [1.165, 1.54) is 18.4 Å². The molecule has 0 bridgehead atoms. The maximum Gasteiger partial charge on any atom is 0.119 e. The number of halogens is 1. The highest BCUT2D eigenvalue weighted by molar-refractivity contribution is 9.09. The summed E-state index contributed by atoms with van der Waals surface area (Å²) in [5, 5.41) is 1.05. The quantitative estimate of drug-likeness (QED) is 0.718. The molecular formula is C14H19BrO2. The average Bonchev–Trinajstić information content (AvgIpc) is 3.16. The molecule has 0 unspecified atom stereocenters. The van der Waals surface area contributed by atoms with E-state index in [0.29, 0.717) is 5.41 Å². The molecule has 0 heterocycles. The molecule has 1 aromatic rings. The standard InChI is InChI=1S/C14H19BrO2/c1-16-9-6-12-2-4-13(5-3-12)17-11-14(10-15)7-8-14/h2-5H,6-11H2,1H3. The van der Waals surface area contributed by atoms with Crippen molar-refractivity contribution in [3.8, 4) is 5.75 Å². The van der Waals surface area contributed by atoms with Crippen LogP contribution in [0, 0.1) is 5.41 Å². The molecule has 94 valence electrons. The molecule has 0 aromatic heterocycles. The Balaban J connectivity index is 1.81. The first-order valence-corrected chi connectivity index (χ1v) is 7.17. The van der Waals surface area contributed by atoms with Crippen LogP contribution in [0.4, 0.5) is 0 Å². The minimum atomic E-state index is 0.411. The van der Waals surface area contributed by atoms with Gasteiger partial charge in [-0.25, -0.2) is 0 Å². The van der Waals surface area contributed by atoms with Crippen molar-refractivity contribution in [2.75, 3.05) is 25.7 Å². The number of hydrogen-bond acceptors (Lipinski definition) is 2. The van der Waals surface area contributed by atoms with E-state index < -0.39 is 0 Å². The fraction of sp³-hybridized carbons (Fsp3) is 0.571. The Labute approximate surface area is 111 Å². The number of rotatable bonds is 7. The zero-order valence-corrected chi connectivity index (χ0v) is 11.8. The van der Waals surface area contributed by atoms with Gasteiger partial charge in [0.05, 0.1) is 13.2 Å². The van der Waals surface area contributed by atoms with Crippen LogP contribution in [0.15, 0.2) is 24.3 Å². The van der Waals surface area contributed by atoms with Crippen LogP contribution in [0.25, 0.3) is 0 Å². The Morgan fingerprint density at radius 1 is 1.24 bits per heavy atom. The van der Waals surface area contributed by atoms with Gasteiger partial charge in [0.25, 0.3) is 0 Å². The monoisotopic (exact) mass is 298 g/mol. The van der Waals surface area contributed by atoms with Gasteiger partial charge in [-0.15, -0.1) is 0 Å². The van der Waals surface area contributed by atoms with Gasteiger partial charge in [0, 0.05) is 17.9 Å². The Morgan fingerprint density at radius 2 is 1.94 bits per heavy atom. The summed E-state index contributed by atoms with van der Waals surface area (Å²) in [4.78, 5) is 0. The molecule has 0 aliphatic heterocycles. The smallest absolute Gasteiger partial charge is 0.119 e. The summed E-state index contributed by atoms with van der Waals surface area (Å²) in [5.41, 5.74) is 1.70. The second kappa shape index (κ2) is 5.87. The lowest BCUT2D eigenvalue weighted by atomic mass is 10.1. The van der Waals surface area contributed by atoms with E-state index in [1.807, 2.05) is 0 Å². The van der Waals surface area contributed by atoms with E-state index in [1.54, 1.807) is 7.11 Å². The van der Waals surface area contributed by atoms with Crippen molar-refractivity contribution < 1.29 is 9.47 Å². The molecular weight excluding hydrogens is 280 g/mol. The molecule has 1 saturated carbocycles. The molecule has 0 radical (unpaired) electrons. The Hall–Kier alpha value is -0.540. The molecule has 0 saturated heterocycles. The fourth-order valence-corrected chi connectivity index (χ4v) is 2.42. The fourth-order valence-electron chi connectivity index (χ4n) is 1.70. The summed E-state index contributed by atoms with van der Waals surface area (Å²) in [6.07, 6.45) is 3.52. The third-order valence-electron chi connectivity index (χ3n) is 3.30. The highest BCUT2D eigenvalue weighted by Crippen LogP contribution is 2.47. The van der Waals surface area contributed by atoms with E-state index in [2.05, 4.69) is 40.2 Å². The van der Waals surface area contributed by atoms with Gasteiger partial charge >= 0.3 is 0 Å². The van der Waals surface area contributed by atoms with E-state index in [9.17, 15) is 0 Å². The van der Waals surface area contributed by atoms with Crippen molar-refractivity contribution >= 4 is 15.9 Å². The third-order valence-corrected chi connectivity index (χ3v) is 4.49. The van der Waals surface area contributed by atoms with Crippen LogP contribution in [-0.2, 0) is 11.2 Å². The van der Waals surface area contributed by atoms with Crippen LogP contribution >= 0.6 is 15.9 Å². The van der Waals surface area contributed by atoms with E-state index in [-0.39, 0.29) is 0 Å². The minimum Gasteiger partial charge on any atom is -0.493 e. The number of alkyl halides is 1. The summed E-state index contributed by atoms with van der Waals surface area (Å²) in [7, 11) is 1.73. The highest BCUT2D eigenvalue weighted by atomic mass is 79.9. The average molecular weight is 299 g/mol. The van der Waals surface area contributed by atoms with Crippen LogP contribution in [0.3, 0.4) is 0 Å². The lowest BCUT2D eigenvalue weighted by Gasteiger charge is -2.13. The van der Waals surface area contributed by atoms with Gasteiger partial charge in [-0.1, -0.05) is 28.1 Å². The first-order valence-electron chi connectivity index (χ1n) is 6.05. The predicted molar refractivity (Wildman–Crippen MR) is 73.0 cm³/mol. The molecule has 0 spiro atoms. The highest BCUT2D eigenvalue weighted by Gasteiger charge is 2.42. The SMILES string of the molecule is COCCc1ccc(OCC2(CBr)CC2)cc1. The maximum absolute atomic E-state index is 5.82. The molecule has 0 amide bonds. The predicted octanol–water partition coefficient (Wildman–Crippen LogP) is 3.43. The van der Waals surface area contributed by atoms with Gasteiger partial charge in [-0.2, -0.15) is 0 Å². The van der Waals surface area contributed by atoms with E-state index >= 15 is 0 Å². The Bertz CT molecular complexity index is 344. The van der Waals surface area contributed by atoms with Crippen LogP contribution in [0.5, 0.6) is 5.75 Å². The van der Waals surface area contributed by atoms with Gasteiger partial charge in [-0.05, 0) is 37.0 Å². The summed E-state index contributed by atoms with van der Waals surface area (Å²) >= 11 is 3.55. The number of ether oxygens (including phenoxy) is 2. The molecule has 1 aliphatic rings. The van der Waals surface area contributed by atoms with Gasteiger partial charge in [0.1, 0.15) is 5.75 Å². The van der Waals surface area contributed by atoms with Crippen molar-refractivity contribution in [1.82, 2.24) is 0 Å². The lowest BCUT2D eigenvalue weighted by Crippen LogP contribution is -2.14. The Kier molecular flexibility index (Phi) is 4.46. The summed E-state index contributed by atoms with van der Waals surface area (Å²) in [5.74, 6) is 0.971. The molecule has 1 aromatic carbocycles. The number of methoxy groups -OCH3 is 1. The number of benzene rings is 1. The molecule has 17 heavy (non-hydrogen) atoms. The van der Waals surface area contributed by atoms with Crippen molar-refractivity contribution in [3.05, 3.63) is 29.8 Å². The van der Waals surface area contributed by atoms with Gasteiger partial charge in [0.2, 0.25) is 0 Å². The lowest BCUT2D eigenvalue weighted by molar-refractivity contribution is 0.202. The first-order chi connectivity index (χ1) is 8.28. The molecule has 0 atom stereocenters. The van der Waals surface area contributed by atoms with Crippen LogP contribution < -0.4 is 4.74 Å². The first kappa shape index (κ1) is 12.9. The summed E-state index contributed by atoms with van der Waals surface area (Å²) in [6.45, 7) is 1.60. The third kappa shape index (κ3) is 3.71. The molecule has 1 fully saturated rings. The summed E-state index contributed by atoms with van der Waals surface area (Å²) in [6, 6.07) is 8.33. The summed E-state index contributed by atoms with van der Waals surface area (Å²) < 4.78 is 10.9. The van der Waals surface area contributed by atoms with Crippen molar-refractivity contribution in [3.63, 3.8) is 0 Å². The van der Waals surface area contributed by atoms with Crippen LogP contribution in [-0.4, -0.2) is 25.7 Å². The van der Waals surface area contributed by atoms with E-state index in [4.69, 9.17) is 9.47 Å². The molecule has 3 heteroatoms. The van der Waals surface area contributed by atoms with Crippen LogP contribution in [0.2, 0.25) is 0 Å². The van der Waals surface area contributed by atoms with Crippen molar-refractivity contribution in [2.24, 2.45) is 5.41 Å². The van der Waals surface area contributed by atoms with Gasteiger partial charge < -0.3 is 9.47 Å². The normalized spacial score (nSPS) is 16.8. The second-order valence-corrected chi connectivity index (χ2v) is 5.37. The van der Waals surface area contributed by atoms with Crippen molar-refractivity contribution in [2.45, 2.75) is 19.3 Å². The molecule has 1 aliphatic carbocycles. The Morgan fingerprint density at radius 3 is 2.47 bits per heavy atom. The van der Waals surface area contributed by atoms with Gasteiger partial charge in [0.15, 0.2) is 0 Å². The largest absolute Gasteiger partial charge is 0.493 e. The maximum atomic E-state index is 5.82. The van der Waals surface area contributed by atoms with E-state index in [0.717, 1.165) is 30.7 Å². The van der Waals surface area contributed by atoms with Gasteiger partial charge in [-0.3, -0.25) is 0 Å². The number of hydrogen-bond donors (Lipinski definition) is 0. The minimum absolute atomic E-state index is 0.411. The van der Waals surface area contributed by atoms with Crippen LogP contribution in [0.1, 0.15) is 18.4 Å². The zero-order valence-electron chi connectivity index (χ0n) is 10.2. The molecule has 2 nitrogen and oxygen atoms in total. The second-order valence-electron chi connectivity index (χ2n) is 4.81. The molecule has 0 N–H and O–H groups in total. The van der Waals surface area contributed by atoms with Crippen molar-refractivity contribution in [1.29, 1.82) is 0 Å². The zero-order chi connectivity index (χ0) is 12.1. The topological polar surface area (TPSA) is 18.5 Å². The molecule has 2 rings (SSSR count).